The minimum Gasteiger partial charge on any atom is -0.506 e. The Morgan fingerprint density at radius 1 is 1.00 bits per heavy atom. The molecule has 0 saturated carbocycles. The van der Waals surface area contributed by atoms with E-state index in [0.717, 1.165) is 0 Å². The minimum absolute atomic E-state index is 0.0357. The summed E-state index contributed by atoms with van der Waals surface area (Å²) in [6, 6.07) is 2.87. The molecule has 5 heteroatoms. The minimum atomic E-state index is -0.435. The van der Waals surface area contributed by atoms with Gasteiger partial charge in [0.1, 0.15) is 16.9 Å². The molecule has 0 amide bonds. The highest BCUT2D eigenvalue weighted by Gasteiger charge is 2.22. The highest BCUT2D eigenvalue weighted by atomic mass is 16.3. The summed E-state index contributed by atoms with van der Waals surface area (Å²) in [5, 5.41) is 10.4. The first-order chi connectivity index (χ1) is 8.82. The van der Waals surface area contributed by atoms with Gasteiger partial charge in [-0.25, -0.2) is 0 Å². The summed E-state index contributed by atoms with van der Waals surface area (Å²) in [6.45, 7) is 3.88. The number of carbonyl (C=O) groups excluding carboxylic acids is 3. The SMILES string of the molecule is CC(=O)c1cc2cc(C(C)=O)c(O)c(C(C)=O)c2o1. The van der Waals surface area contributed by atoms with Gasteiger partial charge in [0.05, 0.1) is 5.56 Å². The number of phenolic OH excluding ortho intramolecular Hbond substituents is 1. The Hall–Kier alpha value is -2.43. The van der Waals surface area contributed by atoms with Crippen molar-refractivity contribution in [3.8, 4) is 5.75 Å². The molecule has 0 fully saturated rings. The summed E-state index contributed by atoms with van der Waals surface area (Å²) in [7, 11) is 0. The molecule has 5 nitrogen and oxygen atoms in total. The van der Waals surface area contributed by atoms with Crippen LogP contribution in [0.1, 0.15) is 52.0 Å². The van der Waals surface area contributed by atoms with Crippen molar-refractivity contribution in [3.05, 3.63) is 29.0 Å². The molecule has 1 aromatic heterocycles. The monoisotopic (exact) mass is 260 g/mol. The lowest BCUT2D eigenvalue weighted by molar-refractivity contribution is 0.0980. The first-order valence-electron chi connectivity index (χ1n) is 5.65. The van der Waals surface area contributed by atoms with Crippen LogP contribution in [-0.2, 0) is 0 Å². The van der Waals surface area contributed by atoms with E-state index in [2.05, 4.69) is 0 Å². The van der Waals surface area contributed by atoms with Crippen LogP contribution in [0.3, 0.4) is 0 Å². The number of hydrogen-bond donors (Lipinski definition) is 1. The van der Waals surface area contributed by atoms with Crippen molar-refractivity contribution in [3.63, 3.8) is 0 Å². The molecule has 0 aliphatic heterocycles. The van der Waals surface area contributed by atoms with Crippen molar-refractivity contribution < 1.29 is 23.9 Å². The highest BCUT2D eigenvalue weighted by Crippen LogP contribution is 2.34. The van der Waals surface area contributed by atoms with Gasteiger partial charge in [-0.3, -0.25) is 14.4 Å². The predicted molar refractivity (Wildman–Crippen MR) is 67.9 cm³/mol. The van der Waals surface area contributed by atoms with Gasteiger partial charge in [0.15, 0.2) is 23.1 Å². The van der Waals surface area contributed by atoms with Gasteiger partial charge in [-0.15, -0.1) is 0 Å². The molecular formula is C14H12O5. The van der Waals surface area contributed by atoms with Crippen LogP contribution in [0, 0.1) is 0 Å². The zero-order valence-electron chi connectivity index (χ0n) is 10.7. The van der Waals surface area contributed by atoms with Crippen LogP contribution >= 0.6 is 0 Å². The van der Waals surface area contributed by atoms with E-state index in [1.165, 1.54) is 32.9 Å². The van der Waals surface area contributed by atoms with E-state index in [0.29, 0.717) is 5.39 Å². The van der Waals surface area contributed by atoms with Gasteiger partial charge in [-0.2, -0.15) is 0 Å². The van der Waals surface area contributed by atoms with Gasteiger partial charge in [-0.05, 0) is 26.0 Å². The van der Waals surface area contributed by atoms with Crippen LogP contribution in [0.5, 0.6) is 5.75 Å². The summed E-state index contributed by atoms with van der Waals surface area (Å²) in [4.78, 5) is 34.4. The van der Waals surface area contributed by atoms with Crippen LogP contribution in [0.15, 0.2) is 16.5 Å². The van der Waals surface area contributed by atoms with Gasteiger partial charge in [-0.1, -0.05) is 0 Å². The number of carbonyl (C=O) groups is 3. The maximum absolute atomic E-state index is 11.6. The molecule has 1 N–H and O–H groups in total. The zero-order valence-corrected chi connectivity index (χ0v) is 10.7. The van der Waals surface area contributed by atoms with Crippen molar-refractivity contribution in [1.82, 2.24) is 0 Å². The Balaban J connectivity index is 2.92. The van der Waals surface area contributed by atoms with E-state index in [1.54, 1.807) is 0 Å². The Morgan fingerprint density at radius 2 is 1.63 bits per heavy atom. The van der Waals surface area contributed by atoms with Crippen molar-refractivity contribution in [2.24, 2.45) is 0 Å². The maximum atomic E-state index is 11.6. The smallest absolute Gasteiger partial charge is 0.194 e. The number of hydrogen-bond acceptors (Lipinski definition) is 5. The van der Waals surface area contributed by atoms with Crippen LogP contribution in [0.2, 0.25) is 0 Å². The summed E-state index contributed by atoms with van der Waals surface area (Å²) < 4.78 is 5.30. The average molecular weight is 260 g/mol. The topological polar surface area (TPSA) is 84.6 Å². The number of benzene rings is 1. The molecule has 0 radical (unpaired) electrons. The van der Waals surface area contributed by atoms with Crippen LogP contribution in [0.25, 0.3) is 11.0 Å². The Kier molecular flexibility index (Phi) is 2.98. The second kappa shape index (κ2) is 4.35. The van der Waals surface area contributed by atoms with E-state index in [1.807, 2.05) is 0 Å². The van der Waals surface area contributed by atoms with Crippen LogP contribution < -0.4 is 0 Å². The molecule has 2 aromatic rings. The first-order valence-corrected chi connectivity index (χ1v) is 5.65. The number of Topliss-reactive ketones (excluding diaryl/α,β-unsaturated/α-hetero) is 3. The second-order valence-electron chi connectivity index (χ2n) is 4.35. The molecular weight excluding hydrogens is 248 g/mol. The van der Waals surface area contributed by atoms with E-state index in [-0.39, 0.29) is 34.0 Å². The van der Waals surface area contributed by atoms with Gasteiger partial charge in [0, 0.05) is 12.3 Å². The molecule has 0 saturated heterocycles. The summed E-state index contributed by atoms with van der Waals surface area (Å²) in [5.41, 5.74) is 0.0870. The second-order valence-corrected chi connectivity index (χ2v) is 4.35. The zero-order chi connectivity index (χ0) is 14.3. The molecule has 0 aliphatic rings. The van der Waals surface area contributed by atoms with Gasteiger partial charge < -0.3 is 9.52 Å². The lowest BCUT2D eigenvalue weighted by Gasteiger charge is -2.06. The highest BCUT2D eigenvalue weighted by molar-refractivity contribution is 6.13. The first kappa shape index (κ1) is 13.0. The van der Waals surface area contributed by atoms with E-state index in [9.17, 15) is 19.5 Å². The number of ketones is 3. The number of furan rings is 1. The fourth-order valence-electron chi connectivity index (χ4n) is 1.94. The summed E-state index contributed by atoms with van der Waals surface area (Å²) in [5.74, 6) is -1.42. The normalized spacial score (nSPS) is 10.7. The standard InChI is InChI=1S/C14H12O5/c1-6(15)10-4-9-5-11(7(2)16)19-14(9)12(8(3)17)13(10)18/h4-5,18H,1-3H3. The maximum Gasteiger partial charge on any atom is 0.194 e. The van der Waals surface area contributed by atoms with Crippen molar-refractivity contribution in [2.75, 3.05) is 0 Å². The van der Waals surface area contributed by atoms with E-state index in [4.69, 9.17) is 4.42 Å². The Labute approximate surface area is 108 Å². The third kappa shape index (κ3) is 2.03. The molecule has 0 unspecified atom stereocenters. The van der Waals surface area contributed by atoms with Crippen molar-refractivity contribution in [1.29, 1.82) is 0 Å². The molecule has 2 rings (SSSR count). The van der Waals surface area contributed by atoms with Crippen LogP contribution in [-0.4, -0.2) is 22.5 Å². The molecule has 0 spiro atoms. The predicted octanol–water partition coefficient (Wildman–Crippen LogP) is 2.75. The lowest BCUT2D eigenvalue weighted by atomic mass is 10.0. The van der Waals surface area contributed by atoms with Gasteiger partial charge >= 0.3 is 0 Å². The third-order valence-electron chi connectivity index (χ3n) is 2.86. The molecule has 98 valence electrons. The molecule has 0 atom stereocenters. The van der Waals surface area contributed by atoms with E-state index < -0.39 is 11.5 Å². The number of rotatable bonds is 3. The van der Waals surface area contributed by atoms with Gasteiger partial charge in [0.25, 0.3) is 0 Å². The summed E-state index contributed by atoms with van der Waals surface area (Å²) >= 11 is 0. The third-order valence-corrected chi connectivity index (χ3v) is 2.86. The quantitative estimate of drug-likeness (QED) is 0.857. The summed E-state index contributed by atoms with van der Waals surface area (Å²) in [6.07, 6.45) is 0. The molecule has 0 aliphatic carbocycles. The molecule has 1 heterocycles. The van der Waals surface area contributed by atoms with Crippen molar-refractivity contribution in [2.45, 2.75) is 20.8 Å². The fourth-order valence-corrected chi connectivity index (χ4v) is 1.94. The molecule has 19 heavy (non-hydrogen) atoms. The van der Waals surface area contributed by atoms with E-state index >= 15 is 0 Å². The van der Waals surface area contributed by atoms with Gasteiger partial charge in [0.2, 0.25) is 0 Å². The number of fused-ring (bicyclic) bond motifs is 1. The van der Waals surface area contributed by atoms with Crippen molar-refractivity contribution >= 4 is 28.3 Å². The Bertz CT molecular complexity index is 721. The number of phenols is 1. The largest absolute Gasteiger partial charge is 0.506 e. The lowest BCUT2D eigenvalue weighted by Crippen LogP contribution is -2.00. The number of aromatic hydroxyl groups is 1. The average Bonchev–Trinajstić information content (AvgIpc) is 2.70. The van der Waals surface area contributed by atoms with Crippen LogP contribution in [0.4, 0.5) is 0 Å². The fraction of sp³-hybridized carbons (Fsp3) is 0.214. The Morgan fingerprint density at radius 3 is 2.11 bits per heavy atom. The molecule has 0 bridgehead atoms. The molecule has 1 aromatic carbocycles.